The van der Waals surface area contributed by atoms with Crippen LogP contribution in [0.1, 0.15) is 38.9 Å². The number of pyridine rings is 1. The van der Waals surface area contributed by atoms with E-state index in [4.69, 9.17) is 15.7 Å². The van der Waals surface area contributed by atoms with Gasteiger partial charge in [0, 0.05) is 44.1 Å². The Morgan fingerprint density at radius 1 is 1.21 bits per heavy atom. The van der Waals surface area contributed by atoms with Gasteiger partial charge >= 0.3 is 0 Å². The maximum Gasteiger partial charge on any atom is 0.293 e. The molecule has 0 aliphatic carbocycles. The van der Waals surface area contributed by atoms with E-state index in [0.29, 0.717) is 31.0 Å². The molecular weight excluding hydrogens is 416 g/mol. The second-order valence-electron chi connectivity index (χ2n) is 8.13. The Kier molecular flexibility index (Phi) is 8.30. The minimum Gasteiger partial charge on any atom is -0.463 e. The lowest BCUT2D eigenvalue weighted by atomic mass is 9.96. The Morgan fingerprint density at radius 3 is 2.73 bits per heavy atom. The first-order valence-electron chi connectivity index (χ1n) is 10.9. The summed E-state index contributed by atoms with van der Waals surface area (Å²) < 4.78 is 6.73. The van der Waals surface area contributed by atoms with E-state index in [1.165, 1.54) is 11.1 Å². The third kappa shape index (κ3) is 6.04. The maximum atomic E-state index is 10.6. The van der Waals surface area contributed by atoms with Gasteiger partial charge in [-0.3, -0.25) is 9.69 Å². The van der Waals surface area contributed by atoms with Crippen LogP contribution in [0.2, 0.25) is 0 Å². The molecule has 0 radical (unpaired) electrons. The summed E-state index contributed by atoms with van der Waals surface area (Å²) in [6.45, 7) is 9.68. The highest BCUT2D eigenvalue weighted by molar-refractivity contribution is 5.42. The smallest absolute Gasteiger partial charge is 0.293 e. The highest BCUT2D eigenvalue weighted by Gasteiger charge is 2.12. The van der Waals surface area contributed by atoms with E-state index >= 15 is 0 Å². The molecule has 2 N–H and O–H groups in total. The zero-order valence-corrected chi connectivity index (χ0v) is 19.4. The van der Waals surface area contributed by atoms with Crippen LogP contribution in [-0.4, -0.2) is 45.8 Å². The molecule has 0 aliphatic rings. The molecule has 0 saturated heterocycles. The maximum absolute atomic E-state index is 10.6. The fourth-order valence-electron chi connectivity index (χ4n) is 3.89. The number of carbonyl (C=O) groups is 1. The number of nitriles is 1. The van der Waals surface area contributed by atoms with E-state index in [0.717, 1.165) is 48.3 Å². The van der Waals surface area contributed by atoms with Gasteiger partial charge in [0.2, 0.25) is 0 Å². The van der Waals surface area contributed by atoms with Crippen molar-refractivity contribution < 1.29 is 9.53 Å². The highest BCUT2D eigenvalue weighted by atomic mass is 16.5. The van der Waals surface area contributed by atoms with Gasteiger partial charge in [-0.25, -0.2) is 9.67 Å². The third-order valence-electron chi connectivity index (χ3n) is 5.88. The van der Waals surface area contributed by atoms with Gasteiger partial charge in [0.05, 0.1) is 11.8 Å². The summed E-state index contributed by atoms with van der Waals surface area (Å²) in [5.41, 5.74) is 13.0. The number of nitrogens with zero attached hydrogens (tertiary/aromatic N) is 5. The van der Waals surface area contributed by atoms with Crippen molar-refractivity contribution in [3.8, 4) is 11.9 Å². The summed E-state index contributed by atoms with van der Waals surface area (Å²) in [6.07, 6.45) is 6.24. The lowest BCUT2D eigenvalue weighted by Gasteiger charge is -2.22. The SMILES string of the molecule is Cc1cc(-n2cc(CN(CCN)CCc3ccc(C)c(COC=O)c3C)cn2)ncc1C#N. The number of carbonyl (C=O) groups excluding carboxylic acids is 1. The topological polar surface area (TPSA) is 110 Å². The molecule has 172 valence electrons. The normalized spacial score (nSPS) is 10.9. The first-order chi connectivity index (χ1) is 16.0. The quantitative estimate of drug-likeness (QED) is 0.451. The van der Waals surface area contributed by atoms with Crippen molar-refractivity contribution in [3.05, 3.63) is 75.7 Å². The van der Waals surface area contributed by atoms with Gasteiger partial charge in [0.15, 0.2) is 5.82 Å². The monoisotopic (exact) mass is 446 g/mol. The zero-order chi connectivity index (χ0) is 23.8. The summed E-state index contributed by atoms with van der Waals surface area (Å²) in [6, 6.07) is 8.22. The zero-order valence-electron chi connectivity index (χ0n) is 19.4. The Morgan fingerprint density at radius 2 is 2.03 bits per heavy atom. The van der Waals surface area contributed by atoms with Gasteiger partial charge in [-0.1, -0.05) is 12.1 Å². The van der Waals surface area contributed by atoms with Crippen LogP contribution in [0.15, 0.2) is 36.8 Å². The van der Waals surface area contributed by atoms with Crippen molar-refractivity contribution in [1.29, 1.82) is 5.26 Å². The van der Waals surface area contributed by atoms with Crippen molar-refractivity contribution in [2.75, 3.05) is 19.6 Å². The molecule has 0 bridgehead atoms. The van der Waals surface area contributed by atoms with Crippen molar-refractivity contribution in [2.24, 2.45) is 5.73 Å². The minimum atomic E-state index is 0.295. The largest absolute Gasteiger partial charge is 0.463 e. The number of aryl methyl sites for hydroxylation is 2. The molecule has 0 fully saturated rings. The van der Waals surface area contributed by atoms with Gasteiger partial charge in [0.1, 0.15) is 12.7 Å². The van der Waals surface area contributed by atoms with E-state index in [-0.39, 0.29) is 0 Å². The Hall–Kier alpha value is -3.54. The van der Waals surface area contributed by atoms with E-state index in [2.05, 4.69) is 40.1 Å². The summed E-state index contributed by atoms with van der Waals surface area (Å²) in [5, 5.41) is 13.6. The number of hydrogen-bond acceptors (Lipinski definition) is 7. The molecule has 2 heterocycles. The number of ether oxygens (including phenoxy) is 1. The molecule has 3 aromatic rings. The second kappa shape index (κ2) is 11.4. The number of aromatic nitrogens is 3. The van der Waals surface area contributed by atoms with Crippen LogP contribution < -0.4 is 5.73 Å². The molecule has 8 nitrogen and oxygen atoms in total. The van der Waals surface area contributed by atoms with Crippen LogP contribution >= 0.6 is 0 Å². The van der Waals surface area contributed by atoms with Crippen molar-refractivity contribution in [1.82, 2.24) is 19.7 Å². The summed E-state index contributed by atoms with van der Waals surface area (Å²) in [5.74, 6) is 0.684. The number of nitrogens with two attached hydrogens (primary N) is 1. The first-order valence-corrected chi connectivity index (χ1v) is 10.9. The van der Waals surface area contributed by atoms with E-state index in [1.54, 1.807) is 10.9 Å². The fourth-order valence-corrected chi connectivity index (χ4v) is 3.89. The van der Waals surface area contributed by atoms with Gasteiger partial charge in [0.25, 0.3) is 6.47 Å². The van der Waals surface area contributed by atoms with E-state index in [1.807, 2.05) is 32.3 Å². The third-order valence-corrected chi connectivity index (χ3v) is 5.88. The summed E-state index contributed by atoms with van der Waals surface area (Å²) in [7, 11) is 0. The van der Waals surface area contributed by atoms with E-state index in [9.17, 15) is 4.79 Å². The van der Waals surface area contributed by atoms with E-state index < -0.39 is 0 Å². The van der Waals surface area contributed by atoms with Gasteiger partial charge < -0.3 is 10.5 Å². The number of benzene rings is 1. The van der Waals surface area contributed by atoms with Crippen LogP contribution in [0.5, 0.6) is 0 Å². The van der Waals surface area contributed by atoms with Gasteiger partial charge in [-0.2, -0.15) is 10.4 Å². The van der Waals surface area contributed by atoms with Crippen molar-refractivity contribution >= 4 is 6.47 Å². The van der Waals surface area contributed by atoms with Crippen LogP contribution in [0.3, 0.4) is 0 Å². The molecule has 0 atom stereocenters. The number of hydrogen-bond donors (Lipinski definition) is 1. The molecule has 33 heavy (non-hydrogen) atoms. The average molecular weight is 447 g/mol. The standard InChI is InChI=1S/C25H30N6O2/c1-18-4-5-22(20(3)24(18)16-33-17-32)6-8-30(9-7-26)14-21-12-29-31(15-21)25-10-19(2)23(11-27)13-28-25/h4-5,10,12-13,15,17H,6-9,14,16,26H2,1-3H3. The lowest BCUT2D eigenvalue weighted by Crippen LogP contribution is -2.31. The Labute approximate surface area is 194 Å². The van der Waals surface area contributed by atoms with Crippen LogP contribution in [0.25, 0.3) is 5.82 Å². The van der Waals surface area contributed by atoms with Crippen molar-refractivity contribution in [3.63, 3.8) is 0 Å². The molecule has 2 aromatic heterocycles. The average Bonchev–Trinajstić information content (AvgIpc) is 3.27. The number of rotatable bonds is 11. The highest BCUT2D eigenvalue weighted by Crippen LogP contribution is 2.20. The molecule has 0 spiro atoms. The predicted molar refractivity (Wildman–Crippen MR) is 126 cm³/mol. The van der Waals surface area contributed by atoms with Gasteiger partial charge in [-0.05, 0) is 61.1 Å². The first kappa shape index (κ1) is 24.1. The molecule has 0 saturated carbocycles. The van der Waals surface area contributed by atoms with Gasteiger partial charge in [-0.15, -0.1) is 0 Å². The van der Waals surface area contributed by atoms with Crippen LogP contribution in [0.4, 0.5) is 0 Å². The fraction of sp³-hybridized carbons (Fsp3) is 0.360. The second-order valence-corrected chi connectivity index (χ2v) is 8.13. The Balaban J connectivity index is 1.69. The summed E-state index contributed by atoms with van der Waals surface area (Å²) >= 11 is 0. The molecule has 0 unspecified atom stereocenters. The van der Waals surface area contributed by atoms with Crippen molar-refractivity contribution in [2.45, 2.75) is 40.3 Å². The lowest BCUT2D eigenvalue weighted by molar-refractivity contribution is -0.129. The minimum absolute atomic E-state index is 0.295. The molecule has 1 aromatic carbocycles. The predicted octanol–water partition coefficient (Wildman–Crippen LogP) is 2.74. The molecular formula is C25H30N6O2. The molecule has 3 rings (SSSR count). The molecule has 0 aliphatic heterocycles. The van der Waals surface area contributed by atoms with Crippen LogP contribution in [-0.2, 0) is 29.1 Å². The Bertz CT molecular complexity index is 1150. The molecule has 0 amide bonds. The summed E-state index contributed by atoms with van der Waals surface area (Å²) in [4.78, 5) is 17.3. The molecule has 8 heteroatoms. The van der Waals surface area contributed by atoms with Crippen LogP contribution in [0, 0.1) is 32.1 Å².